The van der Waals surface area contributed by atoms with Crippen LogP contribution in [0.3, 0.4) is 0 Å². The van der Waals surface area contributed by atoms with Crippen molar-refractivity contribution in [3.63, 3.8) is 0 Å². The highest BCUT2D eigenvalue weighted by Gasteiger charge is 2.21. The SMILES string of the molecule is Cc1nn(-c2nn[nH]n2)c(C)c1-c1cccc([C@@H](C)N2CCCC2)c1. The van der Waals surface area contributed by atoms with Gasteiger partial charge in [0.1, 0.15) is 0 Å². The number of aromatic amines is 1. The summed E-state index contributed by atoms with van der Waals surface area (Å²) in [4.78, 5) is 2.56. The maximum Gasteiger partial charge on any atom is 0.290 e. The van der Waals surface area contributed by atoms with E-state index in [4.69, 9.17) is 0 Å². The lowest BCUT2D eigenvalue weighted by Crippen LogP contribution is -2.23. The van der Waals surface area contributed by atoms with E-state index in [1.165, 1.54) is 37.1 Å². The topological polar surface area (TPSA) is 75.5 Å². The van der Waals surface area contributed by atoms with E-state index in [-0.39, 0.29) is 0 Å². The highest BCUT2D eigenvalue weighted by molar-refractivity contribution is 5.69. The summed E-state index contributed by atoms with van der Waals surface area (Å²) in [5, 5.41) is 18.8. The van der Waals surface area contributed by atoms with Crippen molar-refractivity contribution < 1.29 is 0 Å². The van der Waals surface area contributed by atoms with Crippen molar-refractivity contribution in [3.05, 3.63) is 41.2 Å². The second-order valence-corrected chi connectivity index (χ2v) is 6.71. The van der Waals surface area contributed by atoms with E-state index in [1.54, 1.807) is 4.68 Å². The monoisotopic (exact) mass is 337 g/mol. The molecular formula is C18H23N7. The molecule has 1 fully saturated rings. The molecule has 7 nitrogen and oxygen atoms in total. The molecule has 0 amide bonds. The molecule has 0 saturated carbocycles. The van der Waals surface area contributed by atoms with Crippen molar-refractivity contribution in [2.75, 3.05) is 13.1 Å². The number of aromatic nitrogens is 6. The number of hydrogen-bond acceptors (Lipinski definition) is 5. The smallest absolute Gasteiger partial charge is 0.290 e. The maximum absolute atomic E-state index is 4.60. The van der Waals surface area contributed by atoms with E-state index in [9.17, 15) is 0 Å². The van der Waals surface area contributed by atoms with E-state index < -0.39 is 0 Å². The molecule has 4 rings (SSSR count). The summed E-state index contributed by atoms with van der Waals surface area (Å²) in [7, 11) is 0. The lowest BCUT2D eigenvalue weighted by Gasteiger charge is -2.24. The second kappa shape index (κ2) is 6.40. The van der Waals surface area contributed by atoms with E-state index in [2.05, 4.69) is 61.8 Å². The van der Waals surface area contributed by atoms with Crippen molar-refractivity contribution in [2.24, 2.45) is 0 Å². The first-order valence-corrected chi connectivity index (χ1v) is 8.79. The molecule has 25 heavy (non-hydrogen) atoms. The van der Waals surface area contributed by atoms with Crippen LogP contribution >= 0.6 is 0 Å². The quantitative estimate of drug-likeness (QED) is 0.792. The Bertz CT molecular complexity index is 860. The molecule has 3 heterocycles. The average molecular weight is 337 g/mol. The zero-order valence-corrected chi connectivity index (χ0v) is 14.9. The van der Waals surface area contributed by atoms with Crippen molar-refractivity contribution >= 4 is 0 Å². The maximum atomic E-state index is 4.60. The van der Waals surface area contributed by atoms with Crippen LogP contribution in [0.1, 0.15) is 42.8 Å². The van der Waals surface area contributed by atoms with Gasteiger partial charge in [-0.05, 0) is 69.1 Å². The molecule has 0 aliphatic carbocycles. The molecule has 1 aromatic carbocycles. The molecule has 2 aromatic heterocycles. The van der Waals surface area contributed by atoms with Gasteiger partial charge in [0, 0.05) is 11.6 Å². The third-order valence-corrected chi connectivity index (χ3v) is 5.16. The minimum atomic E-state index is 0.440. The lowest BCUT2D eigenvalue weighted by atomic mass is 9.98. The number of aryl methyl sites for hydroxylation is 1. The first-order chi connectivity index (χ1) is 12.1. The zero-order valence-electron chi connectivity index (χ0n) is 14.9. The molecule has 0 bridgehead atoms. The minimum absolute atomic E-state index is 0.440. The summed E-state index contributed by atoms with van der Waals surface area (Å²) < 4.78 is 1.74. The molecule has 1 N–H and O–H groups in total. The molecule has 1 aliphatic rings. The fraction of sp³-hybridized carbons (Fsp3) is 0.444. The fourth-order valence-corrected chi connectivity index (χ4v) is 3.80. The molecule has 3 aromatic rings. The number of nitrogens with one attached hydrogen (secondary N) is 1. The second-order valence-electron chi connectivity index (χ2n) is 6.71. The van der Waals surface area contributed by atoms with Crippen LogP contribution in [0.15, 0.2) is 24.3 Å². The van der Waals surface area contributed by atoms with Crippen LogP contribution in [-0.4, -0.2) is 48.4 Å². The Morgan fingerprint density at radius 2 is 1.96 bits per heavy atom. The largest absolute Gasteiger partial charge is 0.297 e. The van der Waals surface area contributed by atoms with Gasteiger partial charge in [-0.3, -0.25) is 4.90 Å². The Morgan fingerprint density at radius 1 is 1.16 bits per heavy atom. The van der Waals surface area contributed by atoms with Gasteiger partial charge in [0.2, 0.25) is 0 Å². The van der Waals surface area contributed by atoms with Crippen molar-refractivity contribution in [2.45, 2.75) is 39.7 Å². The van der Waals surface area contributed by atoms with Crippen molar-refractivity contribution in [3.8, 4) is 17.1 Å². The van der Waals surface area contributed by atoms with Gasteiger partial charge < -0.3 is 0 Å². The number of nitrogens with zero attached hydrogens (tertiary/aromatic N) is 6. The van der Waals surface area contributed by atoms with Crippen LogP contribution < -0.4 is 0 Å². The number of hydrogen-bond donors (Lipinski definition) is 1. The Labute approximate surface area is 147 Å². The third kappa shape index (κ3) is 2.84. The molecule has 1 saturated heterocycles. The number of rotatable bonds is 4. The Morgan fingerprint density at radius 3 is 2.68 bits per heavy atom. The van der Waals surface area contributed by atoms with E-state index in [0.717, 1.165) is 17.0 Å². The molecule has 0 spiro atoms. The molecule has 1 aliphatic heterocycles. The minimum Gasteiger partial charge on any atom is -0.297 e. The molecular weight excluding hydrogens is 314 g/mol. The predicted molar refractivity (Wildman–Crippen MR) is 95.4 cm³/mol. The normalized spacial score (nSPS) is 16.4. The Balaban J connectivity index is 1.72. The number of benzene rings is 1. The lowest BCUT2D eigenvalue weighted by molar-refractivity contribution is 0.263. The molecule has 0 radical (unpaired) electrons. The molecule has 0 unspecified atom stereocenters. The Kier molecular flexibility index (Phi) is 4.09. The highest BCUT2D eigenvalue weighted by atomic mass is 15.5. The number of tetrazole rings is 1. The standard InChI is InChI=1S/C18H23N7/c1-12-17(14(3)25(21-12)18-19-22-23-20-18)16-8-6-7-15(11-16)13(2)24-9-4-5-10-24/h6-8,11,13H,4-5,9-10H2,1-3H3,(H,19,20,22,23)/t13-/m1/s1. The summed E-state index contributed by atoms with van der Waals surface area (Å²) >= 11 is 0. The van der Waals surface area contributed by atoms with Gasteiger partial charge in [-0.25, -0.2) is 0 Å². The first-order valence-electron chi connectivity index (χ1n) is 8.79. The molecule has 130 valence electrons. The third-order valence-electron chi connectivity index (χ3n) is 5.16. The summed E-state index contributed by atoms with van der Waals surface area (Å²) in [6, 6.07) is 9.25. The van der Waals surface area contributed by atoms with Crippen LogP contribution in [0.25, 0.3) is 17.1 Å². The summed E-state index contributed by atoms with van der Waals surface area (Å²) in [5.41, 5.74) is 5.66. The van der Waals surface area contributed by atoms with E-state index in [0.29, 0.717) is 12.0 Å². The number of likely N-dealkylation sites (tertiary alicyclic amines) is 1. The molecule has 7 heteroatoms. The average Bonchev–Trinajstić information content (AvgIpc) is 3.36. The summed E-state index contributed by atoms with van der Waals surface area (Å²) in [5.74, 6) is 0.466. The van der Waals surface area contributed by atoms with Crippen LogP contribution in [0.5, 0.6) is 0 Å². The van der Waals surface area contributed by atoms with Gasteiger partial charge in [-0.15, -0.1) is 5.10 Å². The van der Waals surface area contributed by atoms with Gasteiger partial charge in [-0.1, -0.05) is 23.3 Å². The van der Waals surface area contributed by atoms with Crippen molar-refractivity contribution in [1.82, 2.24) is 35.3 Å². The predicted octanol–water partition coefficient (Wildman–Crippen LogP) is 2.83. The van der Waals surface area contributed by atoms with Gasteiger partial charge >= 0.3 is 0 Å². The van der Waals surface area contributed by atoms with Crippen LogP contribution in [0.2, 0.25) is 0 Å². The van der Waals surface area contributed by atoms with Crippen LogP contribution in [0.4, 0.5) is 0 Å². The van der Waals surface area contributed by atoms with Crippen LogP contribution in [0, 0.1) is 13.8 Å². The van der Waals surface area contributed by atoms with Crippen molar-refractivity contribution in [1.29, 1.82) is 0 Å². The van der Waals surface area contributed by atoms with Gasteiger partial charge in [0.15, 0.2) is 0 Å². The first kappa shape index (κ1) is 16.0. The number of H-pyrrole nitrogens is 1. The van der Waals surface area contributed by atoms with Gasteiger partial charge in [-0.2, -0.15) is 15.0 Å². The van der Waals surface area contributed by atoms with Gasteiger partial charge in [0.05, 0.1) is 11.4 Å². The summed E-state index contributed by atoms with van der Waals surface area (Å²) in [6.45, 7) is 8.75. The van der Waals surface area contributed by atoms with E-state index >= 15 is 0 Å². The summed E-state index contributed by atoms with van der Waals surface area (Å²) in [6.07, 6.45) is 2.61. The van der Waals surface area contributed by atoms with Gasteiger partial charge in [0.25, 0.3) is 5.95 Å². The molecule has 1 atom stereocenters. The zero-order chi connectivity index (χ0) is 17.4. The van der Waals surface area contributed by atoms with Crippen LogP contribution in [-0.2, 0) is 0 Å². The fourth-order valence-electron chi connectivity index (χ4n) is 3.80. The van der Waals surface area contributed by atoms with E-state index in [1.807, 2.05) is 13.8 Å². The highest BCUT2D eigenvalue weighted by Crippen LogP contribution is 2.32. The Hall–Kier alpha value is -2.54.